The van der Waals surface area contributed by atoms with E-state index in [1.807, 2.05) is 0 Å². The summed E-state index contributed by atoms with van der Waals surface area (Å²) in [5.41, 5.74) is 3.97. The molecule has 1 aromatic carbocycles. The highest BCUT2D eigenvalue weighted by molar-refractivity contribution is 5.48. The predicted molar refractivity (Wildman–Crippen MR) is 60.8 cm³/mol. The zero-order valence-electron chi connectivity index (χ0n) is 8.93. The Balaban J connectivity index is 2.05. The number of hydrogen-bond acceptors (Lipinski definition) is 2. The molecular weight excluding hydrogens is 172 g/mol. The summed E-state index contributed by atoms with van der Waals surface area (Å²) in [6, 6.07) is 7.19. The molecule has 0 saturated carbocycles. The Kier molecular flexibility index (Phi) is 2.73. The summed E-state index contributed by atoms with van der Waals surface area (Å²) in [6.07, 6.45) is 1.23. The Bertz CT molecular complexity index is 314. The summed E-state index contributed by atoms with van der Waals surface area (Å²) in [5.74, 6) is 0. The highest BCUT2D eigenvalue weighted by atomic mass is 15.0. The van der Waals surface area contributed by atoms with Crippen LogP contribution in [0.1, 0.15) is 17.5 Å². The van der Waals surface area contributed by atoms with Crippen LogP contribution < -0.4 is 10.6 Å². The quantitative estimate of drug-likeness (QED) is 0.746. The van der Waals surface area contributed by atoms with Crippen LogP contribution in [0.25, 0.3) is 0 Å². The molecule has 1 saturated heterocycles. The maximum atomic E-state index is 3.55. The molecule has 2 N–H and O–H groups in total. The molecule has 0 amide bonds. The van der Waals surface area contributed by atoms with Crippen LogP contribution in [0.2, 0.25) is 0 Å². The van der Waals surface area contributed by atoms with Gasteiger partial charge in [-0.3, -0.25) is 0 Å². The van der Waals surface area contributed by atoms with Gasteiger partial charge in [0, 0.05) is 18.3 Å². The van der Waals surface area contributed by atoms with Crippen LogP contribution in [-0.4, -0.2) is 19.1 Å². The van der Waals surface area contributed by atoms with E-state index in [2.05, 4.69) is 42.7 Å². The number of hydrogen-bond donors (Lipinski definition) is 2. The van der Waals surface area contributed by atoms with Crippen LogP contribution in [-0.2, 0) is 0 Å². The van der Waals surface area contributed by atoms with E-state index < -0.39 is 0 Å². The number of aryl methyl sites for hydroxylation is 2. The van der Waals surface area contributed by atoms with Crippen molar-refractivity contribution in [3.05, 3.63) is 29.3 Å². The Hall–Kier alpha value is -1.02. The van der Waals surface area contributed by atoms with E-state index in [1.165, 1.54) is 23.2 Å². The lowest BCUT2D eigenvalue weighted by molar-refractivity contribution is 0.793. The van der Waals surface area contributed by atoms with Crippen LogP contribution >= 0.6 is 0 Å². The molecule has 14 heavy (non-hydrogen) atoms. The van der Waals surface area contributed by atoms with Gasteiger partial charge < -0.3 is 10.6 Å². The molecule has 2 heteroatoms. The van der Waals surface area contributed by atoms with E-state index >= 15 is 0 Å². The van der Waals surface area contributed by atoms with Crippen molar-refractivity contribution in [2.75, 3.05) is 18.4 Å². The lowest BCUT2D eigenvalue weighted by Gasteiger charge is -2.13. The van der Waals surface area contributed by atoms with Gasteiger partial charge in [-0.2, -0.15) is 0 Å². The molecule has 0 bridgehead atoms. The molecule has 0 aliphatic carbocycles. The molecule has 1 aliphatic heterocycles. The molecule has 2 rings (SSSR count). The lowest BCUT2D eigenvalue weighted by atomic mass is 10.1. The number of rotatable bonds is 2. The average Bonchev–Trinajstić information content (AvgIpc) is 2.64. The highest BCUT2D eigenvalue weighted by Crippen LogP contribution is 2.16. The molecule has 1 aromatic rings. The van der Waals surface area contributed by atoms with Gasteiger partial charge in [0.2, 0.25) is 0 Å². The molecule has 2 nitrogen and oxygen atoms in total. The Morgan fingerprint density at radius 3 is 2.79 bits per heavy atom. The van der Waals surface area contributed by atoms with Gasteiger partial charge in [-0.1, -0.05) is 6.07 Å². The molecule has 0 aromatic heterocycles. The second-order valence-corrected chi connectivity index (χ2v) is 4.13. The molecule has 0 spiro atoms. The van der Waals surface area contributed by atoms with Crippen molar-refractivity contribution in [1.29, 1.82) is 0 Å². The van der Waals surface area contributed by atoms with Crippen LogP contribution in [0.4, 0.5) is 5.69 Å². The fourth-order valence-electron chi connectivity index (χ4n) is 1.84. The second-order valence-electron chi connectivity index (χ2n) is 4.13. The Morgan fingerprint density at radius 1 is 1.29 bits per heavy atom. The Labute approximate surface area is 85.7 Å². The minimum absolute atomic E-state index is 0.608. The van der Waals surface area contributed by atoms with Crippen molar-refractivity contribution < 1.29 is 0 Å². The first-order valence-corrected chi connectivity index (χ1v) is 5.30. The normalized spacial score (nSPS) is 21.1. The third kappa shape index (κ3) is 2.07. The van der Waals surface area contributed by atoms with Gasteiger partial charge in [0.1, 0.15) is 0 Å². The summed E-state index contributed by atoms with van der Waals surface area (Å²) >= 11 is 0. The minimum atomic E-state index is 0.608. The predicted octanol–water partition coefficient (Wildman–Crippen LogP) is 2.08. The zero-order chi connectivity index (χ0) is 9.97. The molecular formula is C12H18N2. The van der Waals surface area contributed by atoms with Crippen LogP contribution in [0, 0.1) is 13.8 Å². The number of nitrogens with one attached hydrogen (secondary N) is 2. The molecule has 1 unspecified atom stereocenters. The van der Waals surface area contributed by atoms with Crippen LogP contribution in [0.3, 0.4) is 0 Å². The SMILES string of the molecule is Cc1ccc(NC2CCNC2)cc1C. The fraction of sp³-hybridized carbons (Fsp3) is 0.500. The van der Waals surface area contributed by atoms with Gasteiger partial charge in [0.05, 0.1) is 0 Å². The first-order chi connectivity index (χ1) is 6.75. The van der Waals surface area contributed by atoms with Crippen molar-refractivity contribution in [3.8, 4) is 0 Å². The summed E-state index contributed by atoms with van der Waals surface area (Å²) < 4.78 is 0. The molecule has 1 fully saturated rings. The topological polar surface area (TPSA) is 24.1 Å². The standard InChI is InChI=1S/C12H18N2/c1-9-3-4-11(7-10(9)2)14-12-5-6-13-8-12/h3-4,7,12-14H,5-6,8H2,1-2H3. The summed E-state index contributed by atoms with van der Waals surface area (Å²) in [5, 5.41) is 6.90. The minimum Gasteiger partial charge on any atom is -0.381 e. The van der Waals surface area contributed by atoms with Gasteiger partial charge in [-0.05, 0) is 50.1 Å². The maximum absolute atomic E-state index is 3.55. The number of benzene rings is 1. The summed E-state index contributed by atoms with van der Waals surface area (Å²) in [4.78, 5) is 0. The first-order valence-electron chi connectivity index (χ1n) is 5.30. The molecule has 76 valence electrons. The monoisotopic (exact) mass is 190 g/mol. The zero-order valence-corrected chi connectivity index (χ0v) is 8.93. The van der Waals surface area contributed by atoms with Crippen molar-refractivity contribution >= 4 is 5.69 Å². The van der Waals surface area contributed by atoms with E-state index in [0.717, 1.165) is 13.1 Å². The smallest absolute Gasteiger partial charge is 0.0398 e. The first kappa shape index (κ1) is 9.53. The van der Waals surface area contributed by atoms with Crippen LogP contribution in [0.5, 0.6) is 0 Å². The van der Waals surface area contributed by atoms with Gasteiger partial charge in [0.25, 0.3) is 0 Å². The lowest BCUT2D eigenvalue weighted by Crippen LogP contribution is -2.22. The maximum Gasteiger partial charge on any atom is 0.0398 e. The largest absolute Gasteiger partial charge is 0.381 e. The third-order valence-corrected chi connectivity index (χ3v) is 2.94. The van der Waals surface area contributed by atoms with Crippen molar-refractivity contribution in [2.24, 2.45) is 0 Å². The second kappa shape index (κ2) is 4.01. The summed E-state index contributed by atoms with van der Waals surface area (Å²) in [6.45, 7) is 6.54. The van der Waals surface area contributed by atoms with Crippen molar-refractivity contribution in [1.82, 2.24) is 5.32 Å². The third-order valence-electron chi connectivity index (χ3n) is 2.94. The van der Waals surface area contributed by atoms with Gasteiger partial charge in [-0.25, -0.2) is 0 Å². The van der Waals surface area contributed by atoms with Gasteiger partial charge >= 0.3 is 0 Å². The highest BCUT2D eigenvalue weighted by Gasteiger charge is 2.13. The number of anilines is 1. The van der Waals surface area contributed by atoms with E-state index in [9.17, 15) is 0 Å². The molecule has 0 radical (unpaired) electrons. The van der Waals surface area contributed by atoms with Gasteiger partial charge in [-0.15, -0.1) is 0 Å². The molecule has 1 aliphatic rings. The van der Waals surface area contributed by atoms with E-state index in [-0.39, 0.29) is 0 Å². The van der Waals surface area contributed by atoms with Crippen molar-refractivity contribution in [2.45, 2.75) is 26.3 Å². The summed E-state index contributed by atoms with van der Waals surface area (Å²) in [7, 11) is 0. The Morgan fingerprint density at radius 2 is 2.14 bits per heavy atom. The van der Waals surface area contributed by atoms with Crippen LogP contribution in [0.15, 0.2) is 18.2 Å². The van der Waals surface area contributed by atoms with E-state index in [0.29, 0.717) is 6.04 Å². The average molecular weight is 190 g/mol. The fourth-order valence-corrected chi connectivity index (χ4v) is 1.84. The van der Waals surface area contributed by atoms with E-state index in [4.69, 9.17) is 0 Å². The molecule has 1 atom stereocenters. The molecule has 1 heterocycles. The van der Waals surface area contributed by atoms with E-state index in [1.54, 1.807) is 0 Å². The van der Waals surface area contributed by atoms with Crippen molar-refractivity contribution in [3.63, 3.8) is 0 Å². The van der Waals surface area contributed by atoms with Gasteiger partial charge in [0.15, 0.2) is 0 Å².